The summed E-state index contributed by atoms with van der Waals surface area (Å²) < 4.78 is 5.71. The van der Waals surface area contributed by atoms with E-state index in [1.54, 1.807) is 0 Å². The van der Waals surface area contributed by atoms with E-state index in [1.807, 2.05) is 0 Å². The normalized spacial score (nSPS) is 24.2. The second kappa shape index (κ2) is 7.20. The molecule has 0 aromatic heterocycles. The smallest absolute Gasteiger partial charge is 0.0743 e. The van der Waals surface area contributed by atoms with E-state index < -0.39 is 0 Å². The zero-order chi connectivity index (χ0) is 12.0. The van der Waals surface area contributed by atoms with Crippen LogP contribution in [0.15, 0.2) is 0 Å². The van der Waals surface area contributed by atoms with Crippen molar-refractivity contribution < 1.29 is 4.74 Å². The minimum atomic E-state index is 0.402. The van der Waals surface area contributed by atoms with Crippen LogP contribution in [0.25, 0.3) is 0 Å². The van der Waals surface area contributed by atoms with Gasteiger partial charge in [-0.3, -0.25) is 4.90 Å². The second-order valence-electron chi connectivity index (χ2n) is 4.45. The largest absolute Gasteiger partial charge is 0.393 e. The van der Waals surface area contributed by atoms with Gasteiger partial charge in [-0.2, -0.15) is 0 Å². The molecule has 4 heteroatoms. The maximum Gasteiger partial charge on any atom is 0.0743 e. The van der Waals surface area contributed by atoms with Crippen molar-refractivity contribution >= 4 is 17.2 Å². The van der Waals surface area contributed by atoms with E-state index in [2.05, 4.69) is 18.7 Å². The summed E-state index contributed by atoms with van der Waals surface area (Å²) in [6, 6.07) is 0.501. The zero-order valence-corrected chi connectivity index (χ0v) is 11.3. The van der Waals surface area contributed by atoms with E-state index in [-0.39, 0.29) is 0 Å². The van der Waals surface area contributed by atoms with Gasteiger partial charge >= 0.3 is 0 Å². The molecule has 0 aromatic rings. The van der Waals surface area contributed by atoms with Crippen LogP contribution in [0.3, 0.4) is 0 Å². The summed E-state index contributed by atoms with van der Waals surface area (Å²) in [7, 11) is 0. The Hall–Kier alpha value is -0.190. The van der Waals surface area contributed by atoms with E-state index in [1.165, 1.54) is 12.8 Å². The predicted molar refractivity (Wildman–Crippen MR) is 71.7 cm³/mol. The molecule has 1 aliphatic heterocycles. The van der Waals surface area contributed by atoms with Gasteiger partial charge in [0, 0.05) is 25.6 Å². The highest BCUT2D eigenvalue weighted by atomic mass is 32.1. The summed E-state index contributed by atoms with van der Waals surface area (Å²) in [5.74, 6) is 0. The molecular weight excluding hydrogens is 220 g/mol. The molecule has 0 aromatic carbocycles. The van der Waals surface area contributed by atoms with E-state index in [9.17, 15) is 0 Å². The first-order valence-electron chi connectivity index (χ1n) is 6.31. The van der Waals surface area contributed by atoms with Crippen LogP contribution in [0.5, 0.6) is 0 Å². The summed E-state index contributed by atoms with van der Waals surface area (Å²) in [5.41, 5.74) is 5.64. The Bertz CT molecular complexity index is 221. The number of ether oxygens (including phenoxy) is 1. The first-order chi connectivity index (χ1) is 7.67. The maximum absolute atomic E-state index is 5.71. The SMILES string of the molecule is CCOC1CCCN(C(CC)CC(N)=S)C1. The molecule has 94 valence electrons. The Morgan fingerprint density at radius 3 is 2.88 bits per heavy atom. The van der Waals surface area contributed by atoms with Crippen molar-refractivity contribution in [3.05, 3.63) is 0 Å². The minimum Gasteiger partial charge on any atom is -0.393 e. The van der Waals surface area contributed by atoms with Crippen molar-refractivity contribution in [2.24, 2.45) is 5.73 Å². The molecule has 0 radical (unpaired) electrons. The van der Waals surface area contributed by atoms with Crippen molar-refractivity contribution in [1.29, 1.82) is 0 Å². The van der Waals surface area contributed by atoms with Gasteiger partial charge in [0.1, 0.15) is 0 Å². The molecular formula is C12H24N2OS. The van der Waals surface area contributed by atoms with Gasteiger partial charge in [0.15, 0.2) is 0 Å². The highest BCUT2D eigenvalue weighted by molar-refractivity contribution is 7.80. The highest BCUT2D eigenvalue weighted by Crippen LogP contribution is 2.18. The molecule has 0 saturated carbocycles. The van der Waals surface area contributed by atoms with Crippen molar-refractivity contribution in [2.75, 3.05) is 19.7 Å². The number of piperidine rings is 1. The van der Waals surface area contributed by atoms with Gasteiger partial charge < -0.3 is 10.5 Å². The number of hydrogen-bond donors (Lipinski definition) is 1. The molecule has 16 heavy (non-hydrogen) atoms. The summed E-state index contributed by atoms with van der Waals surface area (Å²) in [5, 5.41) is 0. The maximum atomic E-state index is 5.71. The second-order valence-corrected chi connectivity index (χ2v) is 4.97. The lowest BCUT2D eigenvalue weighted by Gasteiger charge is -2.37. The molecule has 2 atom stereocenters. The molecule has 2 N–H and O–H groups in total. The van der Waals surface area contributed by atoms with Crippen LogP contribution in [0, 0.1) is 0 Å². The van der Waals surface area contributed by atoms with Crippen LogP contribution in [-0.4, -0.2) is 41.7 Å². The number of hydrogen-bond acceptors (Lipinski definition) is 3. The fourth-order valence-corrected chi connectivity index (χ4v) is 2.63. The number of nitrogens with two attached hydrogens (primary N) is 1. The lowest BCUT2D eigenvalue weighted by Crippen LogP contribution is -2.46. The van der Waals surface area contributed by atoms with E-state index in [0.717, 1.165) is 32.5 Å². The number of thiocarbonyl (C=S) groups is 1. The zero-order valence-electron chi connectivity index (χ0n) is 10.4. The standard InChI is InChI=1S/C12H24N2OS/c1-3-10(8-12(13)16)14-7-5-6-11(9-14)15-4-2/h10-11H,3-9H2,1-2H3,(H2,13,16). The third-order valence-corrected chi connectivity index (χ3v) is 3.40. The molecule has 2 unspecified atom stereocenters. The Balaban J connectivity index is 2.46. The van der Waals surface area contributed by atoms with Gasteiger partial charge in [0.25, 0.3) is 0 Å². The topological polar surface area (TPSA) is 38.5 Å². The fourth-order valence-electron chi connectivity index (χ4n) is 2.43. The quantitative estimate of drug-likeness (QED) is 0.725. The third kappa shape index (κ3) is 4.36. The molecule has 0 bridgehead atoms. The summed E-state index contributed by atoms with van der Waals surface area (Å²) in [4.78, 5) is 3.12. The first-order valence-corrected chi connectivity index (χ1v) is 6.72. The molecule has 1 aliphatic rings. The summed E-state index contributed by atoms with van der Waals surface area (Å²) in [6.07, 6.45) is 4.76. The Labute approximate surface area is 104 Å². The van der Waals surface area contributed by atoms with Crippen molar-refractivity contribution in [1.82, 2.24) is 4.90 Å². The average Bonchev–Trinajstić information content (AvgIpc) is 2.26. The van der Waals surface area contributed by atoms with Crippen LogP contribution in [-0.2, 0) is 4.74 Å². The van der Waals surface area contributed by atoms with E-state index in [0.29, 0.717) is 17.1 Å². The molecule has 1 saturated heterocycles. The summed E-state index contributed by atoms with van der Waals surface area (Å²) in [6.45, 7) is 7.27. The minimum absolute atomic E-state index is 0.402. The van der Waals surface area contributed by atoms with Crippen molar-refractivity contribution in [3.8, 4) is 0 Å². The monoisotopic (exact) mass is 244 g/mol. The van der Waals surface area contributed by atoms with Crippen LogP contribution in [0.2, 0.25) is 0 Å². The van der Waals surface area contributed by atoms with Gasteiger partial charge in [0.2, 0.25) is 0 Å². The lowest BCUT2D eigenvalue weighted by atomic mass is 10.0. The number of rotatable bonds is 6. The highest BCUT2D eigenvalue weighted by Gasteiger charge is 2.25. The van der Waals surface area contributed by atoms with Gasteiger partial charge in [-0.1, -0.05) is 19.1 Å². The molecule has 0 spiro atoms. The van der Waals surface area contributed by atoms with Crippen LogP contribution in [0.1, 0.15) is 39.5 Å². The van der Waals surface area contributed by atoms with Gasteiger partial charge in [-0.05, 0) is 32.7 Å². The lowest BCUT2D eigenvalue weighted by molar-refractivity contribution is -0.00688. The molecule has 0 amide bonds. The van der Waals surface area contributed by atoms with Gasteiger partial charge in [0.05, 0.1) is 11.1 Å². The Morgan fingerprint density at radius 2 is 2.31 bits per heavy atom. The first kappa shape index (κ1) is 13.9. The van der Waals surface area contributed by atoms with E-state index in [4.69, 9.17) is 22.7 Å². The molecule has 3 nitrogen and oxygen atoms in total. The average molecular weight is 244 g/mol. The summed E-state index contributed by atoms with van der Waals surface area (Å²) >= 11 is 5.01. The fraction of sp³-hybridized carbons (Fsp3) is 0.917. The van der Waals surface area contributed by atoms with Crippen molar-refractivity contribution in [3.63, 3.8) is 0 Å². The van der Waals surface area contributed by atoms with Crippen LogP contribution >= 0.6 is 12.2 Å². The molecule has 1 fully saturated rings. The molecule has 0 aliphatic carbocycles. The molecule has 1 rings (SSSR count). The van der Waals surface area contributed by atoms with Gasteiger partial charge in [-0.25, -0.2) is 0 Å². The van der Waals surface area contributed by atoms with Crippen LogP contribution < -0.4 is 5.73 Å². The van der Waals surface area contributed by atoms with Crippen LogP contribution in [0.4, 0.5) is 0 Å². The van der Waals surface area contributed by atoms with Gasteiger partial charge in [-0.15, -0.1) is 0 Å². The molecule has 1 heterocycles. The van der Waals surface area contributed by atoms with Crippen molar-refractivity contribution in [2.45, 2.75) is 51.7 Å². The predicted octanol–water partition coefficient (Wildman–Crippen LogP) is 1.94. The number of likely N-dealkylation sites (tertiary alicyclic amines) is 1. The van der Waals surface area contributed by atoms with E-state index >= 15 is 0 Å². The third-order valence-electron chi connectivity index (χ3n) is 3.24. The number of nitrogens with zero attached hydrogens (tertiary/aromatic N) is 1. The Morgan fingerprint density at radius 1 is 1.56 bits per heavy atom. The Kier molecular flexibility index (Phi) is 6.24.